The molecule has 0 radical (unpaired) electrons. The Labute approximate surface area is 103 Å². The number of hydrogen-bond acceptors (Lipinski definition) is 3. The summed E-state index contributed by atoms with van der Waals surface area (Å²) in [6.07, 6.45) is 1.52. The van der Waals surface area contributed by atoms with E-state index in [4.69, 9.17) is 10.5 Å². The maximum atomic E-state index is 13.2. The molecule has 0 unspecified atom stereocenters. The smallest absolute Gasteiger partial charge is 0.250 e. The monoisotopic (exact) mass is 248 g/mol. The largest absolute Gasteiger partial charge is 0.496 e. The van der Waals surface area contributed by atoms with Gasteiger partial charge in [0, 0.05) is 23.5 Å². The fourth-order valence-electron chi connectivity index (χ4n) is 1.73. The lowest BCUT2D eigenvalue weighted by Crippen LogP contribution is -2.19. The number of benzene rings is 1. The first kappa shape index (κ1) is 12.2. The average Bonchev–Trinajstić information content (AvgIpc) is 2.34. The average molecular weight is 248 g/mol. The number of aromatic nitrogens is 1. The van der Waals surface area contributed by atoms with Gasteiger partial charge in [-0.25, -0.2) is 4.39 Å². The van der Waals surface area contributed by atoms with Crippen LogP contribution in [0, 0.1) is 5.82 Å². The molecule has 4 nitrogen and oxygen atoms in total. The van der Waals surface area contributed by atoms with E-state index in [-0.39, 0.29) is 17.9 Å². The van der Waals surface area contributed by atoms with Crippen molar-refractivity contribution >= 4 is 5.69 Å². The van der Waals surface area contributed by atoms with E-state index in [1.807, 2.05) is 0 Å². The molecule has 0 amide bonds. The van der Waals surface area contributed by atoms with Crippen LogP contribution in [0.3, 0.4) is 0 Å². The summed E-state index contributed by atoms with van der Waals surface area (Å²) in [5, 5.41) is 0. The highest BCUT2D eigenvalue weighted by atomic mass is 19.1. The first-order chi connectivity index (χ1) is 8.60. The minimum absolute atomic E-state index is 0.199. The lowest BCUT2D eigenvalue weighted by molar-refractivity contribution is 0.406. The predicted octanol–water partition coefficient (Wildman–Crippen LogP) is 1.63. The van der Waals surface area contributed by atoms with Gasteiger partial charge in [0.15, 0.2) is 0 Å². The molecule has 0 fully saturated rings. The molecule has 18 heavy (non-hydrogen) atoms. The molecule has 0 atom stereocenters. The number of nitrogens with two attached hydrogens (primary N) is 1. The molecule has 0 bridgehead atoms. The van der Waals surface area contributed by atoms with Crippen LogP contribution in [-0.2, 0) is 6.54 Å². The van der Waals surface area contributed by atoms with Crippen LogP contribution in [0.15, 0.2) is 41.3 Å². The van der Waals surface area contributed by atoms with Gasteiger partial charge in [0.05, 0.1) is 13.7 Å². The van der Waals surface area contributed by atoms with Crippen LogP contribution >= 0.6 is 0 Å². The molecule has 1 heterocycles. The Balaban J connectivity index is 2.42. The third-order valence-corrected chi connectivity index (χ3v) is 2.59. The molecule has 2 aromatic rings. The fourth-order valence-corrected chi connectivity index (χ4v) is 1.73. The number of ether oxygens (including phenoxy) is 1. The number of nitrogen functional groups attached to an aromatic ring is 1. The van der Waals surface area contributed by atoms with Crippen LogP contribution in [0.2, 0.25) is 0 Å². The van der Waals surface area contributed by atoms with E-state index in [0.29, 0.717) is 17.0 Å². The maximum absolute atomic E-state index is 13.2. The van der Waals surface area contributed by atoms with Crippen LogP contribution in [0.5, 0.6) is 5.75 Å². The van der Waals surface area contributed by atoms with E-state index in [1.54, 1.807) is 0 Å². The molecule has 0 aliphatic heterocycles. The van der Waals surface area contributed by atoms with Crippen molar-refractivity contribution in [2.45, 2.75) is 6.54 Å². The first-order valence-electron chi connectivity index (χ1n) is 5.38. The lowest BCUT2D eigenvalue weighted by Gasteiger charge is -2.10. The molecule has 0 aliphatic carbocycles. The van der Waals surface area contributed by atoms with Gasteiger partial charge in [-0.15, -0.1) is 0 Å². The van der Waals surface area contributed by atoms with Crippen LogP contribution in [0.4, 0.5) is 10.1 Å². The van der Waals surface area contributed by atoms with E-state index in [1.165, 1.54) is 48.2 Å². The lowest BCUT2D eigenvalue weighted by atomic mass is 10.2. The zero-order valence-corrected chi connectivity index (χ0v) is 9.89. The molecule has 94 valence electrons. The SMILES string of the molecule is COc1ccc(F)cc1Cn1cc(N)ccc1=O. The highest BCUT2D eigenvalue weighted by Crippen LogP contribution is 2.20. The Morgan fingerprint density at radius 1 is 1.33 bits per heavy atom. The maximum Gasteiger partial charge on any atom is 0.250 e. The molecule has 0 spiro atoms. The van der Waals surface area contributed by atoms with Gasteiger partial charge in [-0.2, -0.15) is 0 Å². The molecule has 0 saturated carbocycles. The minimum atomic E-state index is -0.372. The number of pyridine rings is 1. The predicted molar refractivity (Wildman–Crippen MR) is 67.2 cm³/mol. The van der Waals surface area contributed by atoms with Crippen molar-refractivity contribution in [3.63, 3.8) is 0 Å². The van der Waals surface area contributed by atoms with Crippen LogP contribution in [-0.4, -0.2) is 11.7 Å². The van der Waals surface area contributed by atoms with E-state index < -0.39 is 0 Å². The van der Waals surface area contributed by atoms with E-state index >= 15 is 0 Å². The Morgan fingerprint density at radius 2 is 2.11 bits per heavy atom. The zero-order valence-electron chi connectivity index (χ0n) is 9.89. The molecule has 1 aromatic heterocycles. The van der Waals surface area contributed by atoms with Crippen LogP contribution < -0.4 is 16.0 Å². The number of halogens is 1. The Morgan fingerprint density at radius 3 is 2.83 bits per heavy atom. The van der Waals surface area contributed by atoms with Crippen LogP contribution in [0.25, 0.3) is 0 Å². The van der Waals surface area contributed by atoms with Gasteiger partial charge in [-0.3, -0.25) is 4.79 Å². The molecule has 0 saturated heterocycles. The summed E-state index contributed by atoms with van der Waals surface area (Å²) in [6, 6.07) is 7.09. The summed E-state index contributed by atoms with van der Waals surface area (Å²) in [7, 11) is 1.50. The summed E-state index contributed by atoms with van der Waals surface area (Å²) in [6.45, 7) is 0.213. The Bertz CT molecular complexity index is 623. The molecule has 0 aliphatic rings. The standard InChI is InChI=1S/C13H13FN2O2/c1-18-12-4-2-10(14)6-9(12)7-16-8-11(15)3-5-13(16)17/h2-6,8H,7,15H2,1H3. The molecular formula is C13H13FN2O2. The summed E-state index contributed by atoms with van der Waals surface area (Å²) in [4.78, 5) is 11.6. The first-order valence-corrected chi connectivity index (χ1v) is 5.38. The number of hydrogen-bond donors (Lipinski definition) is 1. The van der Waals surface area contributed by atoms with Gasteiger partial charge in [0.25, 0.3) is 5.56 Å². The molecule has 1 aromatic carbocycles. The molecule has 2 N–H and O–H groups in total. The van der Waals surface area contributed by atoms with Crippen LogP contribution in [0.1, 0.15) is 5.56 Å². The van der Waals surface area contributed by atoms with Crippen molar-refractivity contribution in [1.29, 1.82) is 0 Å². The van der Waals surface area contributed by atoms with E-state index in [0.717, 1.165) is 0 Å². The second-order valence-corrected chi connectivity index (χ2v) is 3.88. The van der Waals surface area contributed by atoms with E-state index in [9.17, 15) is 9.18 Å². The summed E-state index contributed by atoms with van der Waals surface area (Å²) in [5.41, 5.74) is 6.48. The van der Waals surface area contributed by atoms with Gasteiger partial charge >= 0.3 is 0 Å². The van der Waals surface area contributed by atoms with Gasteiger partial charge in [-0.1, -0.05) is 0 Å². The quantitative estimate of drug-likeness (QED) is 0.898. The second kappa shape index (κ2) is 4.91. The number of methoxy groups -OCH3 is 1. The van der Waals surface area contributed by atoms with Gasteiger partial charge in [0.1, 0.15) is 11.6 Å². The summed E-state index contributed by atoms with van der Waals surface area (Å²) in [5.74, 6) is 0.161. The summed E-state index contributed by atoms with van der Waals surface area (Å²) >= 11 is 0. The number of rotatable bonds is 3. The fraction of sp³-hybridized carbons (Fsp3) is 0.154. The second-order valence-electron chi connectivity index (χ2n) is 3.88. The number of nitrogens with zero attached hydrogens (tertiary/aromatic N) is 1. The van der Waals surface area contributed by atoms with Gasteiger partial charge in [-0.05, 0) is 24.3 Å². The third kappa shape index (κ3) is 2.51. The molecule has 5 heteroatoms. The Hall–Kier alpha value is -2.30. The normalized spacial score (nSPS) is 10.3. The topological polar surface area (TPSA) is 57.2 Å². The third-order valence-electron chi connectivity index (χ3n) is 2.59. The highest BCUT2D eigenvalue weighted by Gasteiger charge is 2.06. The van der Waals surface area contributed by atoms with Crippen molar-refractivity contribution in [3.05, 3.63) is 58.3 Å². The zero-order chi connectivity index (χ0) is 13.1. The van der Waals surface area contributed by atoms with E-state index in [2.05, 4.69) is 0 Å². The van der Waals surface area contributed by atoms with Crippen molar-refractivity contribution in [1.82, 2.24) is 4.57 Å². The van der Waals surface area contributed by atoms with Crippen molar-refractivity contribution in [2.75, 3.05) is 12.8 Å². The molecule has 2 rings (SSSR count). The summed E-state index contributed by atoms with van der Waals surface area (Å²) < 4.78 is 19.7. The van der Waals surface area contributed by atoms with Crippen molar-refractivity contribution < 1.29 is 9.13 Å². The van der Waals surface area contributed by atoms with Gasteiger partial charge in [0.2, 0.25) is 0 Å². The Kier molecular flexibility index (Phi) is 3.32. The molecular weight excluding hydrogens is 235 g/mol. The van der Waals surface area contributed by atoms with Crippen molar-refractivity contribution in [2.24, 2.45) is 0 Å². The highest BCUT2D eigenvalue weighted by molar-refractivity contribution is 5.36. The number of anilines is 1. The minimum Gasteiger partial charge on any atom is -0.496 e. The van der Waals surface area contributed by atoms with Gasteiger partial charge < -0.3 is 15.0 Å². The van der Waals surface area contributed by atoms with Crippen molar-refractivity contribution in [3.8, 4) is 5.75 Å².